The maximum atomic E-state index is 13.1. The number of halogens is 5. The first kappa shape index (κ1) is 13.8. The summed E-state index contributed by atoms with van der Waals surface area (Å²) >= 11 is 0.531. The summed E-state index contributed by atoms with van der Waals surface area (Å²) in [6.07, 6.45) is -4.64. The predicted octanol–water partition coefficient (Wildman–Crippen LogP) is 3.76. The Labute approximate surface area is 98.2 Å². The highest BCUT2D eigenvalue weighted by atomic mass is 32.2. The van der Waals surface area contributed by atoms with E-state index < -0.39 is 29.5 Å². The quantitative estimate of drug-likeness (QED) is 0.615. The van der Waals surface area contributed by atoms with E-state index in [-0.39, 0.29) is 4.90 Å². The van der Waals surface area contributed by atoms with Gasteiger partial charge in [-0.15, -0.1) is 11.8 Å². The number of rotatable bonds is 3. The van der Waals surface area contributed by atoms with Crippen LogP contribution in [-0.2, 0) is 0 Å². The van der Waals surface area contributed by atoms with Crippen molar-refractivity contribution in [1.82, 2.24) is 0 Å². The van der Waals surface area contributed by atoms with Crippen molar-refractivity contribution in [3.63, 3.8) is 0 Å². The van der Waals surface area contributed by atoms with Gasteiger partial charge in [-0.1, -0.05) is 0 Å². The SMILES string of the molecule is N#CC(CSc1ccc(F)cc1F)C(F)(F)F. The van der Waals surface area contributed by atoms with Crippen LogP contribution in [0.2, 0.25) is 0 Å². The summed E-state index contributed by atoms with van der Waals surface area (Å²) in [6.45, 7) is 0. The summed E-state index contributed by atoms with van der Waals surface area (Å²) < 4.78 is 62.2. The van der Waals surface area contributed by atoms with E-state index in [1.54, 1.807) is 0 Å². The highest BCUT2D eigenvalue weighted by Gasteiger charge is 2.39. The predicted molar refractivity (Wildman–Crippen MR) is 52.2 cm³/mol. The molecule has 0 bridgehead atoms. The molecule has 1 nitrogen and oxygen atoms in total. The first-order valence-electron chi connectivity index (χ1n) is 4.38. The Balaban J connectivity index is 2.71. The molecule has 0 amide bonds. The molecule has 0 heterocycles. The van der Waals surface area contributed by atoms with Gasteiger partial charge in [-0.2, -0.15) is 18.4 Å². The number of nitriles is 1. The molecule has 0 aliphatic heterocycles. The standard InChI is InChI=1S/C10H6F5NS/c11-7-1-2-9(8(12)3-7)17-5-6(4-16)10(13,14)15/h1-3,6H,5H2. The van der Waals surface area contributed by atoms with Crippen LogP contribution in [0.15, 0.2) is 23.1 Å². The highest BCUT2D eigenvalue weighted by Crippen LogP contribution is 2.32. The van der Waals surface area contributed by atoms with Crippen LogP contribution < -0.4 is 0 Å². The summed E-state index contributed by atoms with van der Waals surface area (Å²) in [5.41, 5.74) is 0. The zero-order valence-electron chi connectivity index (χ0n) is 8.26. The zero-order chi connectivity index (χ0) is 13.1. The van der Waals surface area contributed by atoms with Gasteiger partial charge in [0.1, 0.15) is 11.6 Å². The fraction of sp³-hybridized carbons (Fsp3) is 0.300. The van der Waals surface area contributed by atoms with Crippen molar-refractivity contribution in [1.29, 1.82) is 5.26 Å². The Morgan fingerprint density at radius 1 is 1.29 bits per heavy atom. The van der Waals surface area contributed by atoms with E-state index in [0.717, 1.165) is 18.2 Å². The van der Waals surface area contributed by atoms with Crippen LogP contribution in [0, 0.1) is 28.9 Å². The molecule has 1 atom stereocenters. The van der Waals surface area contributed by atoms with Crippen molar-refractivity contribution in [2.45, 2.75) is 11.1 Å². The molecular weight excluding hydrogens is 261 g/mol. The number of thioether (sulfide) groups is 1. The summed E-state index contributed by atoms with van der Waals surface area (Å²) in [7, 11) is 0. The van der Waals surface area contributed by atoms with Crippen molar-refractivity contribution < 1.29 is 22.0 Å². The summed E-state index contributed by atoms with van der Waals surface area (Å²) in [4.78, 5) is -0.115. The van der Waals surface area contributed by atoms with E-state index in [1.807, 2.05) is 0 Å². The maximum absolute atomic E-state index is 13.1. The van der Waals surface area contributed by atoms with Crippen LogP contribution in [0.3, 0.4) is 0 Å². The van der Waals surface area contributed by atoms with Gasteiger partial charge in [0, 0.05) is 16.7 Å². The normalized spacial score (nSPS) is 13.2. The average molecular weight is 267 g/mol. The van der Waals surface area contributed by atoms with Gasteiger partial charge in [0.2, 0.25) is 0 Å². The Bertz CT molecular complexity index is 437. The molecule has 1 unspecified atom stereocenters. The molecule has 1 aromatic carbocycles. The molecule has 92 valence electrons. The minimum Gasteiger partial charge on any atom is -0.207 e. The second kappa shape index (κ2) is 5.36. The topological polar surface area (TPSA) is 23.8 Å². The summed E-state index contributed by atoms with van der Waals surface area (Å²) in [5, 5.41) is 8.32. The monoisotopic (exact) mass is 267 g/mol. The summed E-state index contributed by atoms with van der Waals surface area (Å²) in [6, 6.07) is 3.67. The molecule has 7 heteroatoms. The molecule has 0 saturated heterocycles. The lowest BCUT2D eigenvalue weighted by Gasteiger charge is -2.12. The average Bonchev–Trinajstić information content (AvgIpc) is 2.19. The van der Waals surface area contributed by atoms with E-state index in [9.17, 15) is 22.0 Å². The largest absolute Gasteiger partial charge is 0.405 e. The molecule has 0 fully saturated rings. The Morgan fingerprint density at radius 2 is 1.94 bits per heavy atom. The molecule has 1 aromatic rings. The van der Waals surface area contributed by atoms with E-state index in [2.05, 4.69) is 0 Å². The molecule has 0 aromatic heterocycles. The molecule has 0 spiro atoms. The third-order valence-electron chi connectivity index (χ3n) is 1.85. The molecular formula is C10H6F5NS. The van der Waals surface area contributed by atoms with E-state index in [0.29, 0.717) is 17.8 Å². The Hall–Kier alpha value is -1.29. The fourth-order valence-electron chi connectivity index (χ4n) is 0.970. The first-order chi connectivity index (χ1) is 7.84. The van der Waals surface area contributed by atoms with Crippen molar-refractivity contribution in [3.8, 4) is 6.07 Å². The highest BCUT2D eigenvalue weighted by molar-refractivity contribution is 7.99. The van der Waals surface area contributed by atoms with Gasteiger partial charge < -0.3 is 0 Å². The van der Waals surface area contributed by atoms with Gasteiger partial charge in [0.15, 0.2) is 5.92 Å². The van der Waals surface area contributed by atoms with Crippen molar-refractivity contribution in [3.05, 3.63) is 29.8 Å². The van der Waals surface area contributed by atoms with Crippen LogP contribution in [0.25, 0.3) is 0 Å². The lowest BCUT2D eigenvalue weighted by atomic mass is 10.2. The van der Waals surface area contributed by atoms with Gasteiger partial charge in [-0.3, -0.25) is 0 Å². The van der Waals surface area contributed by atoms with E-state index in [1.165, 1.54) is 0 Å². The van der Waals surface area contributed by atoms with Crippen molar-refractivity contribution >= 4 is 11.8 Å². The number of hydrogen-bond donors (Lipinski definition) is 0. The van der Waals surface area contributed by atoms with Gasteiger partial charge in [-0.25, -0.2) is 8.78 Å². The number of benzene rings is 1. The molecule has 0 N–H and O–H groups in total. The molecule has 0 aliphatic rings. The second-order valence-corrected chi connectivity index (χ2v) is 4.17. The van der Waals surface area contributed by atoms with Crippen LogP contribution >= 0.6 is 11.8 Å². The third kappa shape index (κ3) is 3.89. The van der Waals surface area contributed by atoms with E-state index >= 15 is 0 Å². The molecule has 0 radical (unpaired) electrons. The number of alkyl halides is 3. The molecule has 1 rings (SSSR count). The molecule has 17 heavy (non-hydrogen) atoms. The Morgan fingerprint density at radius 3 is 2.41 bits per heavy atom. The van der Waals surface area contributed by atoms with Gasteiger partial charge in [-0.05, 0) is 12.1 Å². The fourth-order valence-corrected chi connectivity index (χ4v) is 1.94. The van der Waals surface area contributed by atoms with Gasteiger partial charge >= 0.3 is 6.18 Å². The lowest BCUT2D eigenvalue weighted by Crippen LogP contribution is -2.23. The minimum atomic E-state index is -4.64. The van der Waals surface area contributed by atoms with Crippen LogP contribution in [0.1, 0.15) is 0 Å². The van der Waals surface area contributed by atoms with Crippen LogP contribution in [0.5, 0.6) is 0 Å². The van der Waals surface area contributed by atoms with Gasteiger partial charge in [0.05, 0.1) is 6.07 Å². The van der Waals surface area contributed by atoms with Crippen molar-refractivity contribution in [2.75, 3.05) is 5.75 Å². The van der Waals surface area contributed by atoms with Crippen LogP contribution in [-0.4, -0.2) is 11.9 Å². The molecule has 0 saturated carbocycles. The smallest absolute Gasteiger partial charge is 0.207 e. The van der Waals surface area contributed by atoms with E-state index in [4.69, 9.17) is 5.26 Å². The second-order valence-electron chi connectivity index (χ2n) is 3.11. The van der Waals surface area contributed by atoms with Crippen molar-refractivity contribution in [2.24, 2.45) is 5.92 Å². The molecule has 0 aliphatic carbocycles. The summed E-state index contributed by atoms with van der Waals surface area (Å²) in [5.74, 6) is -4.53. The Kier molecular flexibility index (Phi) is 4.34. The third-order valence-corrected chi connectivity index (χ3v) is 2.99. The first-order valence-corrected chi connectivity index (χ1v) is 5.37. The maximum Gasteiger partial charge on any atom is 0.405 e. The minimum absolute atomic E-state index is 0.115. The van der Waals surface area contributed by atoms with Crippen LogP contribution in [0.4, 0.5) is 22.0 Å². The van der Waals surface area contributed by atoms with Gasteiger partial charge in [0.25, 0.3) is 0 Å². The zero-order valence-corrected chi connectivity index (χ0v) is 9.08. The number of nitrogens with zero attached hydrogens (tertiary/aromatic N) is 1. The lowest BCUT2D eigenvalue weighted by molar-refractivity contribution is -0.152. The number of hydrogen-bond acceptors (Lipinski definition) is 2.